The van der Waals surface area contributed by atoms with Gasteiger partial charge in [0.15, 0.2) is 0 Å². The van der Waals surface area contributed by atoms with E-state index in [2.05, 4.69) is 10.6 Å². The van der Waals surface area contributed by atoms with Crippen molar-refractivity contribution in [3.8, 4) is 0 Å². The van der Waals surface area contributed by atoms with Crippen LogP contribution in [-0.4, -0.2) is 25.4 Å². The van der Waals surface area contributed by atoms with Crippen LogP contribution < -0.4 is 10.6 Å². The van der Waals surface area contributed by atoms with Crippen LogP contribution in [0.4, 0.5) is 0 Å². The third-order valence-corrected chi connectivity index (χ3v) is 2.02. The minimum absolute atomic E-state index is 0.0622. The lowest BCUT2D eigenvalue weighted by molar-refractivity contribution is -0.124. The minimum Gasteiger partial charge on any atom is -0.358 e. The second-order valence-electron chi connectivity index (χ2n) is 2.98. The summed E-state index contributed by atoms with van der Waals surface area (Å²) >= 11 is 0. The Balaban J connectivity index is 2.29. The summed E-state index contributed by atoms with van der Waals surface area (Å²) in [7, 11) is 1.54. The average molecular weight is 182 g/mol. The second kappa shape index (κ2) is 4.64. The number of carbonyl (C=O) groups is 2. The van der Waals surface area contributed by atoms with Gasteiger partial charge in [0.05, 0.1) is 6.54 Å². The molecule has 0 radical (unpaired) electrons. The zero-order chi connectivity index (χ0) is 9.68. The molecule has 13 heavy (non-hydrogen) atoms. The van der Waals surface area contributed by atoms with E-state index in [4.69, 9.17) is 0 Å². The van der Waals surface area contributed by atoms with Crippen LogP contribution in [0.15, 0.2) is 11.6 Å². The van der Waals surface area contributed by atoms with Crippen LogP contribution in [0.5, 0.6) is 0 Å². The summed E-state index contributed by atoms with van der Waals surface area (Å²) in [5.41, 5.74) is 0.809. The third-order valence-electron chi connectivity index (χ3n) is 2.02. The number of hydrogen-bond acceptors (Lipinski definition) is 2. The maximum absolute atomic E-state index is 11.3. The molecule has 0 aromatic rings. The van der Waals surface area contributed by atoms with Gasteiger partial charge in [-0.25, -0.2) is 0 Å². The van der Waals surface area contributed by atoms with Crippen LogP contribution in [0, 0.1) is 0 Å². The molecule has 4 nitrogen and oxygen atoms in total. The van der Waals surface area contributed by atoms with Crippen LogP contribution in [0.25, 0.3) is 0 Å². The summed E-state index contributed by atoms with van der Waals surface area (Å²) in [4.78, 5) is 22.1. The molecule has 2 N–H and O–H groups in total. The Morgan fingerprint density at radius 3 is 2.85 bits per heavy atom. The highest BCUT2D eigenvalue weighted by Crippen LogP contribution is 2.16. The lowest BCUT2D eigenvalue weighted by Gasteiger charge is -2.03. The fraction of sp³-hybridized carbons (Fsp3) is 0.556. The molecule has 4 heteroatoms. The lowest BCUT2D eigenvalue weighted by Crippen LogP contribution is -2.35. The van der Waals surface area contributed by atoms with Gasteiger partial charge in [-0.05, 0) is 19.3 Å². The highest BCUT2D eigenvalue weighted by atomic mass is 16.2. The van der Waals surface area contributed by atoms with E-state index in [-0.39, 0.29) is 18.4 Å². The number of allylic oxidation sites excluding steroid dienone is 1. The molecular formula is C9H14N2O2. The van der Waals surface area contributed by atoms with Crippen LogP contribution in [0.3, 0.4) is 0 Å². The Labute approximate surface area is 77.4 Å². The van der Waals surface area contributed by atoms with Gasteiger partial charge >= 0.3 is 0 Å². The van der Waals surface area contributed by atoms with Crippen molar-refractivity contribution < 1.29 is 9.59 Å². The molecule has 0 fully saturated rings. The first-order valence-corrected chi connectivity index (χ1v) is 4.42. The van der Waals surface area contributed by atoms with Crippen LogP contribution >= 0.6 is 0 Å². The molecule has 0 aliphatic heterocycles. The van der Waals surface area contributed by atoms with Crippen LogP contribution in [0.2, 0.25) is 0 Å². The average Bonchev–Trinajstić information content (AvgIpc) is 2.66. The molecule has 0 aromatic heterocycles. The predicted molar refractivity (Wildman–Crippen MR) is 49.0 cm³/mol. The SMILES string of the molecule is CNC(=O)CNC(=O)C1=CCCC1. The van der Waals surface area contributed by atoms with Crippen molar-refractivity contribution in [2.45, 2.75) is 19.3 Å². The molecule has 0 saturated heterocycles. The molecule has 0 atom stereocenters. The van der Waals surface area contributed by atoms with Gasteiger partial charge in [0.2, 0.25) is 11.8 Å². The number of likely N-dealkylation sites (N-methyl/N-ethyl adjacent to an activating group) is 1. The first kappa shape index (κ1) is 9.77. The first-order chi connectivity index (χ1) is 6.24. The van der Waals surface area contributed by atoms with Crippen molar-refractivity contribution in [2.75, 3.05) is 13.6 Å². The standard InChI is InChI=1S/C9H14N2O2/c1-10-8(12)6-11-9(13)7-4-2-3-5-7/h4H,2-3,5-6H2,1H3,(H,10,12)(H,11,13). The molecule has 1 rings (SSSR count). The Hall–Kier alpha value is -1.32. The third kappa shape index (κ3) is 2.89. The van der Waals surface area contributed by atoms with E-state index in [0.29, 0.717) is 0 Å². The normalized spacial score (nSPS) is 15.0. The topological polar surface area (TPSA) is 58.2 Å². The van der Waals surface area contributed by atoms with E-state index in [1.165, 1.54) is 0 Å². The molecule has 2 amide bonds. The fourth-order valence-electron chi connectivity index (χ4n) is 1.24. The smallest absolute Gasteiger partial charge is 0.247 e. The fourth-order valence-corrected chi connectivity index (χ4v) is 1.24. The van der Waals surface area contributed by atoms with E-state index >= 15 is 0 Å². The zero-order valence-corrected chi connectivity index (χ0v) is 7.72. The van der Waals surface area contributed by atoms with Crippen LogP contribution in [-0.2, 0) is 9.59 Å². The van der Waals surface area contributed by atoms with Gasteiger partial charge in [-0.1, -0.05) is 6.08 Å². The summed E-state index contributed by atoms with van der Waals surface area (Å²) in [6.45, 7) is 0.0622. The molecule has 0 spiro atoms. The minimum atomic E-state index is -0.174. The summed E-state index contributed by atoms with van der Waals surface area (Å²) in [5.74, 6) is -0.284. The molecular weight excluding hydrogens is 168 g/mol. The van der Waals surface area contributed by atoms with E-state index in [1.54, 1.807) is 7.05 Å². The second-order valence-corrected chi connectivity index (χ2v) is 2.98. The predicted octanol–water partition coefficient (Wildman–Crippen LogP) is -0.0411. The Kier molecular flexibility index (Phi) is 3.49. The van der Waals surface area contributed by atoms with Crippen LogP contribution in [0.1, 0.15) is 19.3 Å². The molecule has 1 aliphatic carbocycles. The lowest BCUT2D eigenvalue weighted by atomic mass is 10.2. The number of carbonyl (C=O) groups excluding carboxylic acids is 2. The van der Waals surface area contributed by atoms with Gasteiger partial charge in [0, 0.05) is 12.6 Å². The quantitative estimate of drug-likeness (QED) is 0.643. The van der Waals surface area contributed by atoms with Crippen molar-refractivity contribution in [1.82, 2.24) is 10.6 Å². The zero-order valence-electron chi connectivity index (χ0n) is 7.72. The number of nitrogens with one attached hydrogen (secondary N) is 2. The largest absolute Gasteiger partial charge is 0.358 e. The van der Waals surface area contributed by atoms with E-state index in [9.17, 15) is 9.59 Å². The van der Waals surface area contributed by atoms with Crippen molar-refractivity contribution in [3.05, 3.63) is 11.6 Å². The Bertz CT molecular complexity index is 246. The summed E-state index contributed by atoms with van der Waals surface area (Å²) in [6.07, 6.45) is 4.78. The molecule has 1 aliphatic rings. The number of amides is 2. The molecule has 0 heterocycles. The van der Waals surface area contributed by atoms with Gasteiger partial charge in [-0.15, -0.1) is 0 Å². The highest BCUT2D eigenvalue weighted by Gasteiger charge is 2.13. The number of hydrogen-bond donors (Lipinski definition) is 2. The van der Waals surface area contributed by atoms with Crippen molar-refractivity contribution >= 4 is 11.8 Å². The van der Waals surface area contributed by atoms with Gasteiger partial charge in [-0.3, -0.25) is 9.59 Å². The summed E-state index contributed by atoms with van der Waals surface area (Å²) in [6, 6.07) is 0. The van der Waals surface area contributed by atoms with Gasteiger partial charge in [0.25, 0.3) is 0 Å². The maximum Gasteiger partial charge on any atom is 0.247 e. The first-order valence-electron chi connectivity index (χ1n) is 4.42. The summed E-state index contributed by atoms with van der Waals surface area (Å²) < 4.78 is 0. The molecule has 72 valence electrons. The van der Waals surface area contributed by atoms with E-state index in [1.807, 2.05) is 6.08 Å². The number of rotatable bonds is 3. The van der Waals surface area contributed by atoms with E-state index < -0.39 is 0 Å². The Morgan fingerprint density at radius 1 is 1.54 bits per heavy atom. The van der Waals surface area contributed by atoms with Gasteiger partial charge in [0.1, 0.15) is 0 Å². The molecule has 0 unspecified atom stereocenters. The van der Waals surface area contributed by atoms with E-state index in [0.717, 1.165) is 24.8 Å². The summed E-state index contributed by atoms with van der Waals surface area (Å²) in [5, 5.41) is 4.99. The molecule has 0 aromatic carbocycles. The monoisotopic (exact) mass is 182 g/mol. The van der Waals surface area contributed by atoms with Crippen molar-refractivity contribution in [1.29, 1.82) is 0 Å². The van der Waals surface area contributed by atoms with Crippen molar-refractivity contribution in [2.24, 2.45) is 0 Å². The molecule has 0 bridgehead atoms. The van der Waals surface area contributed by atoms with Gasteiger partial charge < -0.3 is 10.6 Å². The Morgan fingerprint density at radius 2 is 2.31 bits per heavy atom. The maximum atomic E-state index is 11.3. The molecule has 0 saturated carbocycles. The highest BCUT2D eigenvalue weighted by molar-refractivity contribution is 5.96. The van der Waals surface area contributed by atoms with Crippen molar-refractivity contribution in [3.63, 3.8) is 0 Å². The van der Waals surface area contributed by atoms with Gasteiger partial charge in [-0.2, -0.15) is 0 Å².